The molecule has 0 radical (unpaired) electrons. The Hall–Kier alpha value is -2.47. The molecule has 1 saturated heterocycles. The molecule has 1 aliphatic rings. The smallest absolute Gasteiger partial charge is 0.345 e. The van der Waals surface area contributed by atoms with E-state index < -0.39 is 5.97 Å². The Kier molecular flexibility index (Phi) is 3.46. The van der Waals surface area contributed by atoms with Crippen molar-refractivity contribution >= 4 is 33.3 Å². The van der Waals surface area contributed by atoms with E-state index in [1.807, 2.05) is 30.3 Å². The molecule has 4 rings (SSSR count). The summed E-state index contributed by atoms with van der Waals surface area (Å²) in [5.74, 6) is 0.593. The molecule has 3 aromatic rings. The van der Waals surface area contributed by atoms with Crippen molar-refractivity contribution in [2.45, 2.75) is 12.8 Å². The third-order valence-electron chi connectivity index (χ3n) is 4.02. The summed E-state index contributed by atoms with van der Waals surface area (Å²) in [7, 11) is 0. The number of hydrogen-bond donors (Lipinski definition) is 1. The quantitative estimate of drug-likeness (QED) is 0.796. The third-order valence-corrected chi connectivity index (χ3v) is 5.04. The summed E-state index contributed by atoms with van der Waals surface area (Å²) in [6, 6.07) is 11.5. The lowest BCUT2D eigenvalue weighted by Gasteiger charge is -2.18. The van der Waals surface area contributed by atoms with E-state index in [4.69, 9.17) is 4.98 Å². The van der Waals surface area contributed by atoms with Crippen LogP contribution >= 0.6 is 11.3 Å². The van der Waals surface area contributed by atoms with Crippen LogP contribution in [0.1, 0.15) is 22.5 Å². The summed E-state index contributed by atoms with van der Waals surface area (Å²) in [5, 5.41) is 10.1. The van der Waals surface area contributed by atoms with Crippen LogP contribution in [0.4, 0.5) is 5.82 Å². The van der Waals surface area contributed by atoms with Gasteiger partial charge in [0.2, 0.25) is 0 Å². The number of benzene rings is 1. The van der Waals surface area contributed by atoms with Crippen LogP contribution in [0.5, 0.6) is 0 Å². The Balaban J connectivity index is 1.93. The van der Waals surface area contributed by atoms with Gasteiger partial charge in [0.05, 0.1) is 5.39 Å². The highest BCUT2D eigenvalue weighted by atomic mass is 32.1. The molecule has 0 amide bonds. The van der Waals surface area contributed by atoms with Gasteiger partial charge in [0.15, 0.2) is 5.82 Å². The van der Waals surface area contributed by atoms with Crippen LogP contribution in [-0.4, -0.2) is 34.1 Å². The number of carbonyl (C=O) groups is 1. The fraction of sp³-hybridized carbons (Fsp3) is 0.235. The van der Waals surface area contributed by atoms with Crippen molar-refractivity contribution in [3.8, 4) is 11.4 Å². The lowest BCUT2D eigenvalue weighted by atomic mass is 10.2. The van der Waals surface area contributed by atoms with E-state index in [1.54, 1.807) is 6.07 Å². The molecule has 6 heteroatoms. The summed E-state index contributed by atoms with van der Waals surface area (Å²) in [6.07, 6.45) is 2.28. The standard InChI is InChI=1S/C17H15N3O2S/c21-17(22)13-10-12-15(20-8-4-5-9-20)18-14(19-16(12)23-13)11-6-2-1-3-7-11/h1-3,6-7,10H,4-5,8-9H2,(H,21,22). The molecule has 2 aromatic heterocycles. The normalized spacial score (nSPS) is 14.5. The zero-order chi connectivity index (χ0) is 15.8. The number of hydrogen-bond acceptors (Lipinski definition) is 5. The van der Waals surface area contributed by atoms with E-state index in [0.29, 0.717) is 10.7 Å². The highest BCUT2D eigenvalue weighted by Gasteiger charge is 2.21. The van der Waals surface area contributed by atoms with Gasteiger partial charge in [0.25, 0.3) is 0 Å². The Labute approximate surface area is 137 Å². The predicted octanol–water partition coefficient (Wildman–Crippen LogP) is 3.66. The second-order valence-electron chi connectivity index (χ2n) is 5.57. The molecule has 1 fully saturated rings. The number of aromatic nitrogens is 2. The molecule has 0 unspecified atom stereocenters. The Bertz CT molecular complexity index is 870. The Morgan fingerprint density at radius 2 is 1.87 bits per heavy atom. The summed E-state index contributed by atoms with van der Waals surface area (Å²) < 4.78 is 0. The lowest BCUT2D eigenvalue weighted by molar-refractivity contribution is 0.0702. The van der Waals surface area contributed by atoms with Gasteiger partial charge in [-0.25, -0.2) is 14.8 Å². The van der Waals surface area contributed by atoms with Gasteiger partial charge in [-0.2, -0.15) is 0 Å². The van der Waals surface area contributed by atoms with Crippen LogP contribution in [0.3, 0.4) is 0 Å². The number of rotatable bonds is 3. The monoisotopic (exact) mass is 325 g/mol. The SMILES string of the molecule is O=C(O)c1cc2c(N3CCCC3)nc(-c3ccccc3)nc2s1. The number of nitrogens with zero attached hydrogens (tertiary/aromatic N) is 3. The summed E-state index contributed by atoms with van der Waals surface area (Å²) >= 11 is 1.21. The first kappa shape index (κ1) is 14.1. The topological polar surface area (TPSA) is 66.3 Å². The molecule has 0 atom stereocenters. The molecule has 23 heavy (non-hydrogen) atoms. The number of thiophene rings is 1. The summed E-state index contributed by atoms with van der Waals surface area (Å²) in [6.45, 7) is 1.91. The molecular weight excluding hydrogens is 310 g/mol. The van der Waals surface area contributed by atoms with Gasteiger partial charge < -0.3 is 10.0 Å². The van der Waals surface area contributed by atoms with Crippen LogP contribution in [0.2, 0.25) is 0 Å². The van der Waals surface area contributed by atoms with Crippen molar-refractivity contribution in [2.24, 2.45) is 0 Å². The molecule has 1 N–H and O–H groups in total. The average Bonchev–Trinajstić information content (AvgIpc) is 3.24. The van der Waals surface area contributed by atoms with Crippen LogP contribution in [0, 0.1) is 0 Å². The lowest BCUT2D eigenvalue weighted by Crippen LogP contribution is -2.19. The molecule has 0 saturated carbocycles. The van der Waals surface area contributed by atoms with Gasteiger partial charge in [0.1, 0.15) is 15.5 Å². The molecule has 5 nitrogen and oxygen atoms in total. The number of fused-ring (bicyclic) bond motifs is 1. The minimum Gasteiger partial charge on any atom is -0.477 e. The van der Waals surface area contributed by atoms with Crippen molar-refractivity contribution in [2.75, 3.05) is 18.0 Å². The number of carboxylic acid groups (broad SMARTS) is 1. The first-order valence-electron chi connectivity index (χ1n) is 7.57. The highest BCUT2D eigenvalue weighted by molar-refractivity contribution is 7.20. The van der Waals surface area contributed by atoms with Crippen molar-refractivity contribution in [1.29, 1.82) is 0 Å². The van der Waals surface area contributed by atoms with Crippen LogP contribution in [0.15, 0.2) is 36.4 Å². The van der Waals surface area contributed by atoms with Crippen molar-refractivity contribution < 1.29 is 9.90 Å². The molecule has 116 valence electrons. The molecule has 3 heterocycles. The number of anilines is 1. The van der Waals surface area contributed by atoms with Gasteiger partial charge in [0, 0.05) is 18.7 Å². The number of aromatic carboxylic acids is 1. The maximum Gasteiger partial charge on any atom is 0.345 e. The van der Waals surface area contributed by atoms with Crippen molar-refractivity contribution in [3.05, 3.63) is 41.3 Å². The second kappa shape index (κ2) is 5.62. The summed E-state index contributed by atoms with van der Waals surface area (Å²) in [4.78, 5) is 23.9. The zero-order valence-electron chi connectivity index (χ0n) is 12.4. The molecule has 1 aliphatic heterocycles. The fourth-order valence-corrected chi connectivity index (χ4v) is 3.76. The van der Waals surface area contributed by atoms with E-state index in [-0.39, 0.29) is 0 Å². The minimum atomic E-state index is -0.915. The van der Waals surface area contributed by atoms with E-state index in [2.05, 4.69) is 9.88 Å². The fourth-order valence-electron chi connectivity index (χ4n) is 2.90. The first-order valence-corrected chi connectivity index (χ1v) is 8.39. The largest absolute Gasteiger partial charge is 0.477 e. The van der Waals surface area contributed by atoms with Gasteiger partial charge in [-0.1, -0.05) is 30.3 Å². The maximum atomic E-state index is 11.3. The third kappa shape index (κ3) is 2.55. The maximum absolute atomic E-state index is 11.3. The molecule has 0 spiro atoms. The minimum absolute atomic E-state index is 0.306. The highest BCUT2D eigenvalue weighted by Crippen LogP contribution is 2.34. The van der Waals surface area contributed by atoms with Gasteiger partial charge in [-0.05, 0) is 18.9 Å². The van der Waals surface area contributed by atoms with E-state index >= 15 is 0 Å². The van der Waals surface area contributed by atoms with Crippen LogP contribution in [-0.2, 0) is 0 Å². The average molecular weight is 325 g/mol. The predicted molar refractivity (Wildman–Crippen MR) is 91.3 cm³/mol. The molecule has 1 aromatic carbocycles. The van der Waals surface area contributed by atoms with Crippen LogP contribution in [0.25, 0.3) is 21.6 Å². The van der Waals surface area contributed by atoms with Gasteiger partial charge >= 0.3 is 5.97 Å². The molecule has 0 bridgehead atoms. The Morgan fingerprint density at radius 1 is 1.13 bits per heavy atom. The first-order chi connectivity index (χ1) is 11.2. The Morgan fingerprint density at radius 3 is 2.57 bits per heavy atom. The van der Waals surface area contributed by atoms with Crippen molar-refractivity contribution in [3.63, 3.8) is 0 Å². The molecule has 0 aliphatic carbocycles. The van der Waals surface area contributed by atoms with E-state index in [1.165, 1.54) is 11.3 Å². The summed E-state index contributed by atoms with van der Waals surface area (Å²) in [5.41, 5.74) is 0.945. The molecular formula is C17H15N3O2S. The van der Waals surface area contributed by atoms with Crippen LogP contribution < -0.4 is 4.90 Å². The van der Waals surface area contributed by atoms with Crippen molar-refractivity contribution in [1.82, 2.24) is 9.97 Å². The second-order valence-corrected chi connectivity index (χ2v) is 6.60. The van der Waals surface area contributed by atoms with Gasteiger partial charge in [-0.15, -0.1) is 11.3 Å². The van der Waals surface area contributed by atoms with Gasteiger partial charge in [-0.3, -0.25) is 0 Å². The van der Waals surface area contributed by atoms with E-state index in [0.717, 1.165) is 47.5 Å². The van der Waals surface area contributed by atoms with E-state index in [9.17, 15) is 9.90 Å². The number of carboxylic acids is 1. The zero-order valence-corrected chi connectivity index (χ0v) is 13.2.